The van der Waals surface area contributed by atoms with Crippen molar-refractivity contribution < 1.29 is 0 Å². The number of nitrogens with zero attached hydrogens (tertiary/aromatic N) is 2. The summed E-state index contributed by atoms with van der Waals surface area (Å²) in [4.78, 5) is 0. The van der Waals surface area contributed by atoms with Crippen molar-refractivity contribution in [1.29, 1.82) is 0 Å². The van der Waals surface area contributed by atoms with Crippen LogP contribution in [0.4, 0.5) is 0 Å². The third-order valence-corrected chi connectivity index (χ3v) is 2.69. The van der Waals surface area contributed by atoms with Gasteiger partial charge in [0.1, 0.15) is 0 Å². The summed E-state index contributed by atoms with van der Waals surface area (Å²) < 4.78 is 1.84. The summed E-state index contributed by atoms with van der Waals surface area (Å²) in [6, 6.07) is 0. The van der Waals surface area contributed by atoms with Gasteiger partial charge in [0.15, 0.2) is 0 Å². The number of nitrogens with one attached hydrogen (secondary N) is 1. The smallest absolute Gasteiger partial charge is 0.0534 e. The van der Waals surface area contributed by atoms with Crippen LogP contribution in [0.5, 0.6) is 0 Å². The molecule has 0 aliphatic heterocycles. The summed E-state index contributed by atoms with van der Waals surface area (Å²) in [6.45, 7) is 8.80. The van der Waals surface area contributed by atoms with Crippen molar-refractivity contribution in [2.75, 3.05) is 6.54 Å². The molecule has 0 saturated carbocycles. The van der Waals surface area contributed by atoms with Crippen LogP contribution in [-0.4, -0.2) is 16.3 Å². The van der Waals surface area contributed by atoms with Gasteiger partial charge in [-0.3, -0.25) is 4.68 Å². The van der Waals surface area contributed by atoms with Crippen molar-refractivity contribution >= 4 is 0 Å². The minimum Gasteiger partial charge on any atom is -0.312 e. The first-order valence-corrected chi connectivity index (χ1v) is 5.28. The zero-order valence-electron chi connectivity index (χ0n) is 9.62. The Morgan fingerprint density at radius 3 is 2.64 bits per heavy atom. The van der Waals surface area contributed by atoms with Crippen LogP contribution in [0.2, 0.25) is 0 Å². The molecule has 3 nitrogen and oxygen atoms in total. The van der Waals surface area contributed by atoms with E-state index in [9.17, 15) is 0 Å². The largest absolute Gasteiger partial charge is 0.312 e. The zero-order valence-corrected chi connectivity index (χ0v) is 9.62. The molecule has 3 heteroatoms. The Hall–Kier alpha value is -0.830. The molecule has 1 atom stereocenters. The fraction of sp³-hybridized carbons (Fsp3) is 0.727. The minimum absolute atomic E-state index is 0.728. The van der Waals surface area contributed by atoms with E-state index in [-0.39, 0.29) is 0 Å². The van der Waals surface area contributed by atoms with Gasteiger partial charge in [-0.05, 0) is 18.4 Å². The highest BCUT2D eigenvalue weighted by atomic mass is 15.2. The van der Waals surface area contributed by atoms with E-state index in [1.54, 1.807) is 0 Å². The second-order valence-corrected chi connectivity index (χ2v) is 4.37. The molecule has 0 aliphatic carbocycles. The highest BCUT2D eigenvalue weighted by Crippen LogP contribution is 2.07. The van der Waals surface area contributed by atoms with Gasteiger partial charge in [0.2, 0.25) is 0 Å². The molecule has 1 aromatic heterocycles. The predicted octanol–water partition coefficient (Wildman–Crippen LogP) is 1.80. The summed E-state index contributed by atoms with van der Waals surface area (Å²) in [5, 5.41) is 7.57. The SMILES string of the molecule is CC(C)C(C)CNCc1cnn(C)c1. The Bertz CT molecular complexity index is 265. The Balaban J connectivity index is 2.22. The van der Waals surface area contributed by atoms with Crippen LogP contribution in [0.25, 0.3) is 0 Å². The quantitative estimate of drug-likeness (QED) is 0.776. The number of aryl methyl sites for hydroxylation is 1. The molecule has 0 radical (unpaired) electrons. The fourth-order valence-electron chi connectivity index (χ4n) is 1.24. The molecule has 1 heterocycles. The van der Waals surface area contributed by atoms with Crippen molar-refractivity contribution in [1.82, 2.24) is 15.1 Å². The highest BCUT2D eigenvalue weighted by Gasteiger charge is 2.05. The van der Waals surface area contributed by atoms with Crippen LogP contribution >= 0.6 is 0 Å². The molecular weight excluding hydrogens is 174 g/mol. The van der Waals surface area contributed by atoms with Crippen molar-refractivity contribution in [2.45, 2.75) is 27.3 Å². The monoisotopic (exact) mass is 195 g/mol. The van der Waals surface area contributed by atoms with Gasteiger partial charge in [-0.1, -0.05) is 20.8 Å². The molecule has 0 fully saturated rings. The van der Waals surface area contributed by atoms with Crippen LogP contribution in [-0.2, 0) is 13.6 Å². The summed E-state index contributed by atoms with van der Waals surface area (Å²) in [7, 11) is 1.94. The van der Waals surface area contributed by atoms with Gasteiger partial charge in [-0.2, -0.15) is 5.10 Å². The summed E-state index contributed by atoms with van der Waals surface area (Å²) in [6.07, 6.45) is 3.96. The molecule has 80 valence electrons. The average molecular weight is 195 g/mol. The molecule has 0 amide bonds. The predicted molar refractivity (Wildman–Crippen MR) is 58.9 cm³/mol. The molecular formula is C11H21N3. The first kappa shape index (κ1) is 11.2. The highest BCUT2D eigenvalue weighted by molar-refractivity contribution is 5.02. The van der Waals surface area contributed by atoms with E-state index < -0.39 is 0 Å². The maximum atomic E-state index is 4.13. The lowest BCUT2D eigenvalue weighted by molar-refractivity contribution is 0.392. The van der Waals surface area contributed by atoms with Gasteiger partial charge in [0.05, 0.1) is 6.20 Å². The third kappa shape index (κ3) is 3.50. The van der Waals surface area contributed by atoms with Crippen LogP contribution in [0.1, 0.15) is 26.3 Å². The summed E-state index contributed by atoms with van der Waals surface area (Å²) in [5.74, 6) is 1.48. The normalized spacial score (nSPS) is 13.5. The van der Waals surface area contributed by atoms with Gasteiger partial charge in [-0.25, -0.2) is 0 Å². The van der Waals surface area contributed by atoms with Crippen LogP contribution in [0, 0.1) is 11.8 Å². The van der Waals surface area contributed by atoms with E-state index in [2.05, 4.69) is 31.2 Å². The van der Waals surface area contributed by atoms with Gasteiger partial charge in [0, 0.05) is 25.4 Å². The standard InChI is InChI=1S/C11H21N3/c1-9(2)10(3)5-12-6-11-7-13-14(4)8-11/h7-10,12H,5-6H2,1-4H3. The second-order valence-electron chi connectivity index (χ2n) is 4.37. The molecule has 0 aliphatic rings. The van der Waals surface area contributed by atoms with E-state index in [0.29, 0.717) is 0 Å². The third-order valence-electron chi connectivity index (χ3n) is 2.69. The molecule has 1 N–H and O–H groups in total. The van der Waals surface area contributed by atoms with Gasteiger partial charge < -0.3 is 5.32 Å². The Labute approximate surface area is 86.5 Å². The molecule has 1 aromatic rings. The lowest BCUT2D eigenvalue weighted by Crippen LogP contribution is -2.23. The van der Waals surface area contributed by atoms with E-state index in [0.717, 1.165) is 24.9 Å². The fourth-order valence-corrected chi connectivity index (χ4v) is 1.24. The van der Waals surface area contributed by atoms with Gasteiger partial charge in [-0.15, -0.1) is 0 Å². The Kier molecular flexibility index (Phi) is 4.14. The lowest BCUT2D eigenvalue weighted by atomic mass is 9.98. The maximum absolute atomic E-state index is 4.13. The first-order valence-electron chi connectivity index (χ1n) is 5.28. The Morgan fingerprint density at radius 2 is 2.14 bits per heavy atom. The average Bonchev–Trinajstić information content (AvgIpc) is 2.51. The van der Waals surface area contributed by atoms with Gasteiger partial charge >= 0.3 is 0 Å². The van der Waals surface area contributed by atoms with Crippen LogP contribution in [0.15, 0.2) is 12.4 Å². The number of hydrogen-bond acceptors (Lipinski definition) is 2. The number of rotatable bonds is 5. The molecule has 1 unspecified atom stereocenters. The van der Waals surface area contributed by atoms with Crippen LogP contribution in [0.3, 0.4) is 0 Å². The van der Waals surface area contributed by atoms with Crippen LogP contribution < -0.4 is 5.32 Å². The summed E-state index contributed by atoms with van der Waals surface area (Å²) >= 11 is 0. The molecule has 0 aromatic carbocycles. The molecule has 0 spiro atoms. The topological polar surface area (TPSA) is 29.9 Å². The zero-order chi connectivity index (χ0) is 10.6. The van der Waals surface area contributed by atoms with E-state index in [1.807, 2.05) is 24.1 Å². The van der Waals surface area contributed by atoms with Crippen molar-refractivity contribution in [3.05, 3.63) is 18.0 Å². The van der Waals surface area contributed by atoms with Gasteiger partial charge in [0.25, 0.3) is 0 Å². The Morgan fingerprint density at radius 1 is 1.43 bits per heavy atom. The van der Waals surface area contributed by atoms with Crippen molar-refractivity contribution in [2.24, 2.45) is 18.9 Å². The second kappa shape index (κ2) is 5.15. The lowest BCUT2D eigenvalue weighted by Gasteiger charge is -2.15. The van der Waals surface area contributed by atoms with E-state index in [1.165, 1.54) is 5.56 Å². The maximum Gasteiger partial charge on any atom is 0.0534 e. The number of hydrogen-bond donors (Lipinski definition) is 1. The van der Waals surface area contributed by atoms with E-state index >= 15 is 0 Å². The summed E-state index contributed by atoms with van der Waals surface area (Å²) in [5.41, 5.74) is 1.25. The molecule has 1 rings (SSSR count). The molecule has 14 heavy (non-hydrogen) atoms. The minimum atomic E-state index is 0.728. The molecule has 0 saturated heterocycles. The molecule has 0 bridgehead atoms. The number of aromatic nitrogens is 2. The first-order chi connectivity index (χ1) is 6.59. The van der Waals surface area contributed by atoms with E-state index in [4.69, 9.17) is 0 Å². The van der Waals surface area contributed by atoms with Crippen molar-refractivity contribution in [3.63, 3.8) is 0 Å². The van der Waals surface area contributed by atoms with Crippen molar-refractivity contribution in [3.8, 4) is 0 Å².